The van der Waals surface area contributed by atoms with E-state index in [1.165, 1.54) is 6.92 Å². The number of aldehydes is 1. The SMILES string of the molecule is CC(=O)OCC[C@@H](C)CC=O. The molecular formula is C8H14O3. The predicted octanol–water partition coefficient (Wildman–Crippen LogP) is 1.16. The molecule has 0 heterocycles. The van der Waals surface area contributed by atoms with E-state index in [-0.39, 0.29) is 5.97 Å². The Kier molecular flexibility index (Phi) is 5.43. The number of esters is 1. The highest BCUT2D eigenvalue weighted by Gasteiger charge is 2.01. The molecule has 3 heteroatoms. The Labute approximate surface area is 66.7 Å². The molecule has 0 saturated heterocycles. The molecule has 0 radical (unpaired) electrons. The molecule has 0 aromatic heterocycles. The second-order valence-corrected chi connectivity index (χ2v) is 2.64. The molecule has 0 N–H and O–H groups in total. The molecule has 0 unspecified atom stereocenters. The van der Waals surface area contributed by atoms with Crippen LogP contribution in [0.15, 0.2) is 0 Å². The molecule has 0 aliphatic heterocycles. The van der Waals surface area contributed by atoms with Crippen LogP contribution in [0.5, 0.6) is 0 Å². The number of ether oxygens (including phenoxy) is 1. The van der Waals surface area contributed by atoms with Crippen LogP contribution in [0.1, 0.15) is 26.7 Å². The lowest BCUT2D eigenvalue weighted by Crippen LogP contribution is -2.05. The molecule has 0 aliphatic carbocycles. The quantitative estimate of drug-likeness (QED) is 0.445. The first-order chi connectivity index (χ1) is 5.16. The van der Waals surface area contributed by atoms with Crippen LogP contribution in [0, 0.1) is 5.92 Å². The summed E-state index contributed by atoms with van der Waals surface area (Å²) >= 11 is 0. The average molecular weight is 158 g/mol. The van der Waals surface area contributed by atoms with E-state index >= 15 is 0 Å². The van der Waals surface area contributed by atoms with E-state index in [1.54, 1.807) is 0 Å². The molecule has 0 aromatic rings. The van der Waals surface area contributed by atoms with Gasteiger partial charge in [-0.15, -0.1) is 0 Å². The molecule has 0 saturated carbocycles. The molecule has 3 nitrogen and oxygen atoms in total. The van der Waals surface area contributed by atoms with E-state index in [2.05, 4.69) is 0 Å². The summed E-state index contributed by atoms with van der Waals surface area (Å²) in [7, 11) is 0. The third-order valence-corrected chi connectivity index (χ3v) is 1.41. The Morgan fingerprint density at radius 2 is 2.27 bits per heavy atom. The van der Waals surface area contributed by atoms with Crippen molar-refractivity contribution in [3.63, 3.8) is 0 Å². The smallest absolute Gasteiger partial charge is 0.302 e. The lowest BCUT2D eigenvalue weighted by molar-refractivity contribution is -0.141. The minimum absolute atomic E-state index is 0.261. The van der Waals surface area contributed by atoms with Crippen LogP contribution in [-0.4, -0.2) is 18.9 Å². The van der Waals surface area contributed by atoms with Crippen molar-refractivity contribution in [1.82, 2.24) is 0 Å². The number of hydrogen-bond donors (Lipinski definition) is 0. The van der Waals surface area contributed by atoms with Crippen molar-refractivity contribution in [3.05, 3.63) is 0 Å². The van der Waals surface area contributed by atoms with Crippen molar-refractivity contribution in [2.24, 2.45) is 5.92 Å². The van der Waals surface area contributed by atoms with Crippen LogP contribution in [0.25, 0.3) is 0 Å². The van der Waals surface area contributed by atoms with Gasteiger partial charge in [0.15, 0.2) is 0 Å². The van der Waals surface area contributed by atoms with E-state index in [0.29, 0.717) is 18.9 Å². The first kappa shape index (κ1) is 10.1. The Bertz CT molecular complexity index is 131. The zero-order valence-corrected chi connectivity index (χ0v) is 7.00. The summed E-state index contributed by atoms with van der Waals surface area (Å²) in [4.78, 5) is 20.3. The van der Waals surface area contributed by atoms with Gasteiger partial charge in [0, 0.05) is 13.3 Å². The first-order valence-corrected chi connectivity index (χ1v) is 3.73. The van der Waals surface area contributed by atoms with Gasteiger partial charge >= 0.3 is 5.97 Å². The molecule has 1 atom stereocenters. The minimum Gasteiger partial charge on any atom is -0.466 e. The summed E-state index contributed by atoms with van der Waals surface area (Å²) in [5.41, 5.74) is 0. The number of carbonyl (C=O) groups excluding carboxylic acids is 2. The molecule has 0 aromatic carbocycles. The lowest BCUT2D eigenvalue weighted by Gasteiger charge is -2.06. The van der Waals surface area contributed by atoms with Crippen molar-refractivity contribution >= 4 is 12.3 Å². The molecule has 64 valence electrons. The minimum atomic E-state index is -0.261. The Balaban J connectivity index is 3.23. The first-order valence-electron chi connectivity index (χ1n) is 3.73. The van der Waals surface area contributed by atoms with Crippen LogP contribution in [0.3, 0.4) is 0 Å². The van der Waals surface area contributed by atoms with Gasteiger partial charge < -0.3 is 9.53 Å². The van der Waals surface area contributed by atoms with E-state index in [4.69, 9.17) is 4.74 Å². The molecule has 0 fully saturated rings. The van der Waals surface area contributed by atoms with Crippen molar-refractivity contribution in [2.45, 2.75) is 26.7 Å². The summed E-state index contributed by atoms with van der Waals surface area (Å²) in [6, 6.07) is 0. The van der Waals surface area contributed by atoms with Gasteiger partial charge in [-0.25, -0.2) is 0 Å². The normalized spacial score (nSPS) is 12.2. The highest BCUT2D eigenvalue weighted by molar-refractivity contribution is 5.65. The Morgan fingerprint density at radius 3 is 2.73 bits per heavy atom. The monoisotopic (exact) mass is 158 g/mol. The third-order valence-electron chi connectivity index (χ3n) is 1.41. The number of carbonyl (C=O) groups is 2. The van der Waals surface area contributed by atoms with E-state index in [1.807, 2.05) is 6.92 Å². The summed E-state index contributed by atoms with van der Waals surface area (Å²) in [6.07, 6.45) is 2.19. The maximum Gasteiger partial charge on any atom is 0.302 e. The summed E-state index contributed by atoms with van der Waals surface area (Å²) in [5, 5.41) is 0. The summed E-state index contributed by atoms with van der Waals surface area (Å²) in [6.45, 7) is 3.76. The second-order valence-electron chi connectivity index (χ2n) is 2.64. The lowest BCUT2D eigenvalue weighted by atomic mass is 10.1. The molecule has 0 amide bonds. The van der Waals surface area contributed by atoms with Crippen LogP contribution in [-0.2, 0) is 14.3 Å². The zero-order chi connectivity index (χ0) is 8.69. The zero-order valence-electron chi connectivity index (χ0n) is 7.00. The van der Waals surface area contributed by atoms with Crippen LogP contribution < -0.4 is 0 Å². The molecule has 0 rings (SSSR count). The fourth-order valence-corrected chi connectivity index (χ4v) is 0.686. The number of hydrogen-bond acceptors (Lipinski definition) is 3. The Hall–Kier alpha value is -0.860. The van der Waals surface area contributed by atoms with Crippen molar-refractivity contribution in [1.29, 1.82) is 0 Å². The second kappa shape index (κ2) is 5.89. The molecule has 0 spiro atoms. The number of rotatable bonds is 5. The average Bonchev–Trinajstić information content (AvgIpc) is 1.87. The highest BCUT2D eigenvalue weighted by Crippen LogP contribution is 2.04. The van der Waals surface area contributed by atoms with Gasteiger partial charge in [0.25, 0.3) is 0 Å². The highest BCUT2D eigenvalue weighted by atomic mass is 16.5. The van der Waals surface area contributed by atoms with Crippen LogP contribution in [0.2, 0.25) is 0 Å². The topological polar surface area (TPSA) is 43.4 Å². The largest absolute Gasteiger partial charge is 0.466 e. The van der Waals surface area contributed by atoms with E-state index in [9.17, 15) is 9.59 Å². The summed E-state index contributed by atoms with van der Waals surface area (Å²) in [5.74, 6) is 0.0511. The molecular weight excluding hydrogens is 144 g/mol. The van der Waals surface area contributed by atoms with E-state index < -0.39 is 0 Å². The van der Waals surface area contributed by atoms with Crippen LogP contribution >= 0.6 is 0 Å². The van der Waals surface area contributed by atoms with Gasteiger partial charge in [-0.05, 0) is 12.3 Å². The van der Waals surface area contributed by atoms with Crippen molar-refractivity contribution < 1.29 is 14.3 Å². The van der Waals surface area contributed by atoms with Gasteiger partial charge in [-0.3, -0.25) is 4.79 Å². The van der Waals surface area contributed by atoms with Gasteiger partial charge in [0.2, 0.25) is 0 Å². The Morgan fingerprint density at radius 1 is 1.64 bits per heavy atom. The molecule has 0 aliphatic rings. The maximum absolute atomic E-state index is 10.3. The van der Waals surface area contributed by atoms with Gasteiger partial charge in [-0.2, -0.15) is 0 Å². The van der Waals surface area contributed by atoms with Crippen molar-refractivity contribution in [2.75, 3.05) is 6.61 Å². The van der Waals surface area contributed by atoms with Gasteiger partial charge in [-0.1, -0.05) is 6.92 Å². The van der Waals surface area contributed by atoms with Crippen LogP contribution in [0.4, 0.5) is 0 Å². The van der Waals surface area contributed by atoms with E-state index in [0.717, 1.165) is 12.7 Å². The molecule has 11 heavy (non-hydrogen) atoms. The molecule has 0 bridgehead atoms. The predicted molar refractivity (Wildman–Crippen MR) is 41.1 cm³/mol. The van der Waals surface area contributed by atoms with Crippen molar-refractivity contribution in [3.8, 4) is 0 Å². The standard InChI is InChI=1S/C8H14O3/c1-7(3-5-9)4-6-11-8(2)10/h5,7H,3-4,6H2,1-2H3/t7-/m0/s1. The fourth-order valence-electron chi connectivity index (χ4n) is 0.686. The maximum atomic E-state index is 10.3. The third kappa shape index (κ3) is 7.03. The van der Waals surface area contributed by atoms with Gasteiger partial charge in [0.05, 0.1) is 6.61 Å². The van der Waals surface area contributed by atoms with Gasteiger partial charge in [0.1, 0.15) is 6.29 Å². The summed E-state index contributed by atoms with van der Waals surface area (Å²) < 4.78 is 4.70. The fraction of sp³-hybridized carbons (Fsp3) is 0.750.